The first-order valence-corrected chi connectivity index (χ1v) is 2.66. The van der Waals surface area contributed by atoms with Gasteiger partial charge in [-0.05, 0) is 27.9 Å². The molecule has 0 saturated heterocycles. The van der Waals surface area contributed by atoms with E-state index < -0.39 is 0 Å². The Morgan fingerprint density at radius 1 is 1.38 bits per heavy atom. The van der Waals surface area contributed by atoms with Crippen LogP contribution in [0.3, 0.4) is 0 Å². The van der Waals surface area contributed by atoms with E-state index in [9.17, 15) is 0 Å². The van der Waals surface area contributed by atoms with Crippen molar-refractivity contribution in [1.82, 2.24) is 4.90 Å². The van der Waals surface area contributed by atoms with E-state index in [0.29, 0.717) is 0 Å². The van der Waals surface area contributed by atoms with Gasteiger partial charge in [-0.1, -0.05) is 5.92 Å². The van der Waals surface area contributed by atoms with Gasteiger partial charge < -0.3 is 0 Å². The zero-order valence-electron chi connectivity index (χ0n) is 6.02. The maximum absolute atomic E-state index is 5.22. The first kappa shape index (κ1) is 7.52. The molecule has 0 spiro atoms. The molecule has 0 aliphatic rings. The van der Waals surface area contributed by atoms with Gasteiger partial charge in [0.15, 0.2) is 0 Å². The number of hydrogen-bond donors (Lipinski definition) is 0. The van der Waals surface area contributed by atoms with Crippen molar-refractivity contribution in [3.05, 3.63) is 0 Å². The fraction of sp³-hybridized carbons (Fsp3) is 0.714. The predicted octanol–water partition coefficient (Wildman–Crippen LogP) is 0.960. The summed E-state index contributed by atoms with van der Waals surface area (Å²) in [6.07, 6.45) is 5.22. The largest absolute Gasteiger partial charge is 0.294 e. The number of rotatable bonds is 1. The van der Waals surface area contributed by atoms with Crippen LogP contribution in [0.5, 0.6) is 0 Å². The number of hydrogen-bond acceptors (Lipinski definition) is 1. The van der Waals surface area contributed by atoms with Gasteiger partial charge in [-0.3, -0.25) is 4.90 Å². The Kier molecular flexibility index (Phi) is 2.06. The Labute approximate surface area is 51.7 Å². The fourth-order valence-corrected chi connectivity index (χ4v) is 0.129. The highest BCUT2D eigenvalue weighted by atomic mass is 15.1. The minimum Gasteiger partial charge on any atom is -0.294 e. The van der Waals surface area contributed by atoms with Crippen molar-refractivity contribution >= 4 is 0 Å². The zero-order chi connectivity index (χ0) is 6.78. The summed E-state index contributed by atoms with van der Waals surface area (Å²) in [4.78, 5) is 2.01. The van der Waals surface area contributed by atoms with E-state index in [4.69, 9.17) is 6.42 Å². The third kappa shape index (κ3) is 1.55. The smallest absolute Gasteiger partial charge is 0.0761 e. The summed E-state index contributed by atoms with van der Waals surface area (Å²) in [6, 6.07) is 0. The second-order valence-corrected chi connectivity index (χ2v) is 2.60. The van der Waals surface area contributed by atoms with E-state index in [0.717, 1.165) is 0 Å². The minimum atomic E-state index is -0.0972. The average Bonchev–Trinajstić information content (AvgIpc) is 1.67. The molecule has 0 atom stereocenters. The fourth-order valence-electron chi connectivity index (χ4n) is 0.129. The third-order valence-corrected chi connectivity index (χ3v) is 1.47. The monoisotopic (exact) mass is 111 g/mol. The lowest BCUT2D eigenvalue weighted by atomic mass is 10.1. The molecule has 1 heteroatoms. The maximum Gasteiger partial charge on any atom is 0.0761 e. The topological polar surface area (TPSA) is 3.24 Å². The highest BCUT2D eigenvalue weighted by Gasteiger charge is 2.14. The quantitative estimate of drug-likeness (QED) is 0.455. The van der Waals surface area contributed by atoms with Crippen molar-refractivity contribution in [3.63, 3.8) is 0 Å². The lowest BCUT2D eigenvalue weighted by molar-refractivity contribution is 0.264. The second-order valence-electron chi connectivity index (χ2n) is 2.60. The molecular weight excluding hydrogens is 98.1 g/mol. The standard InChI is InChI=1S/C7H13N/c1-6-7(2,3)8(4)5/h1H,2-5H3. The zero-order valence-corrected chi connectivity index (χ0v) is 6.02. The summed E-state index contributed by atoms with van der Waals surface area (Å²) in [5, 5.41) is 0. The van der Waals surface area contributed by atoms with Gasteiger partial charge in [-0.2, -0.15) is 0 Å². The molecule has 0 radical (unpaired) electrons. The molecule has 1 nitrogen and oxygen atoms in total. The van der Waals surface area contributed by atoms with E-state index in [1.807, 2.05) is 32.8 Å². The van der Waals surface area contributed by atoms with E-state index in [1.54, 1.807) is 0 Å². The summed E-state index contributed by atoms with van der Waals surface area (Å²) in [6.45, 7) is 4.01. The second kappa shape index (κ2) is 2.19. The van der Waals surface area contributed by atoms with E-state index >= 15 is 0 Å². The average molecular weight is 111 g/mol. The molecule has 0 unspecified atom stereocenters. The van der Waals surface area contributed by atoms with Crippen LogP contribution in [0.1, 0.15) is 13.8 Å². The van der Waals surface area contributed by atoms with Gasteiger partial charge >= 0.3 is 0 Å². The first-order chi connectivity index (χ1) is 3.50. The molecule has 0 amide bonds. The van der Waals surface area contributed by atoms with Crippen LogP contribution < -0.4 is 0 Å². The van der Waals surface area contributed by atoms with Crippen LogP contribution in [0, 0.1) is 12.3 Å². The van der Waals surface area contributed by atoms with Crippen LogP contribution in [0.4, 0.5) is 0 Å². The molecular formula is C7H13N. The lowest BCUT2D eigenvalue weighted by Gasteiger charge is -2.25. The highest BCUT2D eigenvalue weighted by Crippen LogP contribution is 2.05. The van der Waals surface area contributed by atoms with Crippen molar-refractivity contribution in [1.29, 1.82) is 0 Å². The van der Waals surface area contributed by atoms with Crippen molar-refractivity contribution in [2.75, 3.05) is 14.1 Å². The van der Waals surface area contributed by atoms with Crippen molar-refractivity contribution in [3.8, 4) is 12.3 Å². The molecule has 46 valence electrons. The van der Waals surface area contributed by atoms with Gasteiger partial charge in [-0.15, -0.1) is 6.42 Å². The Bertz CT molecular complexity index is 106. The third-order valence-electron chi connectivity index (χ3n) is 1.47. The minimum absolute atomic E-state index is 0.0972. The maximum atomic E-state index is 5.22. The molecule has 0 aromatic rings. The first-order valence-electron chi connectivity index (χ1n) is 2.66. The molecule has 0 heterocycles. The molecule has 0 aliphatic heterocycles. The predicted molar refractivity (Wildman–Crippen MR) is 36.6 cm³/mol. The normalized spacial score (nSPS) is 11.5. The Morgan fingerprint density at radius 3 is 1.75 bits per heavy atom. The van der Waals surface area contributed by atoms with Gasteiger partial charge in [0, 0.05) is 0 Å². The SMILES string of the molecule is C#CC(C)(C)N(C)C. The molecule has 8 heavy (non-hydrogen) atoms. The van der Waals surface area contributed by atoms with Gasteiger partial charge in [0.2, 0.25) is 0 Å². The molecule has 0 aromatic heterocycles. The van der Waals surface area contributed by atoms with E-state index in [-0.39, 0.29) is 5.54 Å². The van der Waals surface area contributed by atoms with Gasteiger partial charge in [0.25, 0.3) is 0 Å². The van der Waals surface area contributed by atoms with Crippen LogP contribution in [-0.4, -0.2) is 24.5 Å². The van der Waals surface area contributed by atoms with Crippen molar-refractivity contribution in [2.24, 2.45) is 0 Å². The highest BCUT2D eigenvalue weighted by molar-refractivity contribution is 5.06. The molecule has 0 fully saturated rings. The van der Waals surface area contributed by atoms with Crippen LogP contribution in [0.15, 0.2) is 0 Å². The van der Waals surface area contributed by atoms with Gasteiger partial charge in [0.1, 0.15) is 0 Å². The molecule has 0 aliphatic carbocycles. The summed E-state index contributed by atoms with van der Waals surface area (Å²) in [5.41, 5.74) is -0.0972. The summed E-state index contributed by atoms with van der Waals surface area (Å²) >= 11 is 0. The molecule has 0 rings (SSSR count). The van der Waals surface area contributed by atoms with Gasteiger partial charge in [0.05, 0.1) is 5.54 Å². The van der Waals surface area contributed by atoms with Crippen LogP contribution in [0.25, 0.3) is 0 Å². The number of nitrogens with zero attached hydrogens (tertiary/aromatic N) is 1. The lowest BCUT2D eigenvalue weighted by Crippen LogP contribution is -2.36. The molecule has 0 saturated carbocycles. The summed E-state index contributed by atoms with van der Waals surface area (Å²) < 4.78 is 0. The van der Waals surface area contributed by atoms with Crippen LogP contribution >= 0.6 is 0 Å². The van der Waals surface area contributed by atoms with Crippen molar-refractivity contribution in [2.45, 2.75) is 19.4 Å². The Morgan fingerprint density at radius 2 is 1.75 bits per heavy atom. The van der Waals surface area contributed by atoms with E-state index in [1.165, 1.54) is 0 Å². The van der Waals surface area contributed by atoms with Crippen LogP contribution in [-0.2, 0) is 0 Å². The molecule has 0 aromatic carbocycles. The number of terminal acetylenes is 1. The molecule has 0 N–H and O–H groups in total. The van der Waals surface area contributed by atoms with Gasteiger partial charge in [-0.25, -0.2) is 0 Å². The summed E-state index contributed by atoms with van der Waals surface area (Å²) in [7, 11) is 3.94. The Balaban J connectivity index is 3.97. The molecule has 0 bridgehead atoms. The Hall–Kier alpha value is -0.480. The van der Waals surface area contributed by atoms with Crippen molar-refractivity contribution < 1.29 is 0 Å². The summed E-state index contributed by atoms with van der Waals surface area (Å²) in [5.74, 6) is 2.67. The van der Waals surface area contributed by atoms with E-state index in [2.05, 4.69) is 5.92 Å². The van der Waals surface area contributed by atoms with Crippen LogP contribution in [0.2, 0.25) is 0 Å².